The summed E-state index contributed by atoms with van der Waals surface area (Å²) in [6, 6.07) is 7.68. The Kier molecular flexibility index (Phi) is 4.90. The number of aliphatic hydroxyl groups is 1. The van der Waals surface area contributed by atoms with Gasteiger partial charge in [-0.3, -0.25) is 9.36 Å². The van der Waals surface area contributed by atoms with E-state index in [0.29, 0.717) is 35.1 Å². The van der Waals surface area contributed by atoms with Gasteiger partial charge in [0.05, 0.1) is 16.5 Å². The number of fused-ring (bicyclic) bond motifs is 1. The van der Waals surface area contributed by atoms with Crippen LogP contribution in [0.25, 0.3) is 11.0 Å². The zero-order valence-corrected chi connectivity index (χ0v) is 17.9. The van der Waals surface area contributed by atoms with E-state index in [-0.39, 0.29) is 22.4 Å². The zero-order chi connectivity index (χ0) is 21.7. The predicted molar refractivity (Wildman–Crippen MR) is 115 cm³/mol. The number of nitrogens with zero attached hydrogens (tertiary/aromatic N) is 3. The molecule has 0 bridgehead atoms. The van der Waals surface area contributed by atoms with Gasteiger partial charge in [-0.1, -0.05) is 0 Å². The average molecular weight is 429 g/mol. The molecule has 1 aromatic carbocycles. The number of aromatic nitrogens is 3. The molecule has 1 saturated carbocycles. The van der Waals surface area contributed by atoms with E-state index < -0.39 is 15.4 Å². The van der Waals surface area contributed by atoms with Gasteiger partial charge in [0, 0.05) is 29.1 Å². The highest BCUT2D eigenvalue weighted by atomic mass is 32.2. The van der Waals surface area contributed by atoms with E-state index in [1.54, 1.807) is 42.8 Å². The molecule has 0 unspecified atom stereocenters. The lowest BCUT2D eigenvalue weighted by Gasteiger charge is -2.28. The maximum absolute atomic E-state index is 13.0. The molecule has 158 valence electrons. The standard InChI is InChI=1S/C21H24N4O4S/c1-13-11-14-12-22-20(23-15-6-8-16(9-7-15)30(3,28)29)24-18(14)25(19(13)26)17-5-4-10-21(17,2)27/h6-9,11-12,17,27H,4-5,10H2,1-3H3,(H,22,23,24)/t17-,21-/m1/s1. The summed E-state index contributed by atoms with van der Waals surface area (Å²) in [4.78, 5) is 22.1. The van der Waals surface area contributed by atoms with Crippen molar-refractivity contribution in [1.82, 2.24) is 14.5 Å². The molecule has 9 heteroatoms. The quantitative estimate of drug-likeness (QED) is 0.657. The lowest BCUT2D eigenvalue weighted by Crippen LogP contribution is -2.38. The molecule has 2 N–H and O–H groups in total. The van der Waals surface area contributed by atoms with Gasteiger partial charge in [-0.15, -0.1) is 0 Å². The number of anilines is 2. The smallest absolute Gasteiger partial charge is 0.255 e. The van der Waals surface area contributed by atoms with Gasteiger partial charge < -0.3 is 10.4 Å². The predicted octanol–water partition coefficient (Wildman–Crippen LogP) is 2.72. The van der Waals surface area contributed by atoms with Gasteiger partial charge in [0.15, 0.2) is 9.84 Å². The molecular formula is C21H24N4O4S. The fourth-order valence-electron chi connectivity index (χ4n) is 4.06. The van der Waals surface area contributed by atoms with Crippen LogP contribution in [0.4, 0.5) is 11.6 Å². The third-order valence-corrected chi connectivity index (χ3v) is 6.81. The van der Waals surface area contributed by atoms with Crippen molar-refractivity contribution in [2.45, 2.75) is 49.6 Å². The van der Waals surface area contributed by atoms with Crippen molar-refractivity contribution in [1.29, 1.82) is 0 Å². The number of benzene rings is 1. The van der Waals surface area contributed by atoms with Crippen LogP contribution in [-0.2, 0) is 9.84 Å². The second kappa shape index (κ2) is 7.17. The van der Waals surface area contributed by atoms with Crippen molar-refractivity contribution in [3.05, 3.63) is 52.4 Å². The summed E-state index contributed by atoms with van der Waals surface area (Å²) in [7, 11) is -3.28. The minimum absolute atomic E-state index is 0.170. The van der Waals surface area contributed by atoms with Crippen LogP contribution in [0.2, 0.25) is 0 Å². The van der Waals surface area contributed by atoms with E-state index in [2.05, 4.69) is 15.3 Å². The normalized spacial score (nSPS) is 21.8. The first-order valence-corrected chi connectivity index (χ1v) is 11.6. The summed E-state index contributed by atoms with van der Waals surface area (Å²) in [5.41, 5.74) is 0.506. The van der Waals surface area contributed by atoms with Crippen LogP contribution in [0.3, 0.4) is 0 Å². The monoisotopic (exact) mass is 428 g/mol. The molecule has 1 aliphatic rings. The maximum atomic E-state index is 13.0. The topological polar surface area (TPSA) is 114 Å². The minimum atomic E-state index is -3.28. The lowest BCUT2D eigenvalue weighted by atomic mass is 9.99. The molecular weight excluding hydrogens is 404 g/mol. The fourth-order valence-corrected chi connectivity index (χ4v) is 4.69. The third-order valence-electron chi connectivity index (χ3n) is 5.68. The minimum Gasteiger partial charge on any atom is -0.388 e. The molecule has 4 rings (SSSR count). The number of rotatable bonds is 4. The van der Waals surface area contributed by atoms with Gasteiger partial charge >= 0.3 is 0 Å². The Morgan fingerprint density at radius 2 is 1.97 bits per heavy atom. The van der Waals surface area contributed by atoms with Crippen molar-refractivity contribution in [2.24, 2.45) is 0 Å². The highest BCUT2D eigenvalue weighted by molar-refractivity contribution is 7.90. The van der Waals surface area contributed by atoms with Crippen molar-refractivity contribution >= 4 is 32.5 Å². The van der Waals surface area contributed by atoms with Gasteiger partial charge in [0.2, 0.25) is 5.95 Å². The zero-order valence-electron chi connectivity index (χ0n) is 17.1. The molecule has 2 heterocycles. The van der Waals surface area contributed by atoms with Gasteiger partial charge in [-0.2, -0.15) is 4.98 Å². The Labute approximate surface area is 174 Å². The van der Waals surface area contributed by atoms with Crippen LogP contribution in [0.15, 0.2) is 46.2 Å². The molecule has 1 aliphatic carbocycles. The summed E-state index contributed by atoms with van der Waals surface area (Å²) in [5, 5.41) is 14.6. The molecule has 0 saturated heterocycles. The Bertz CT molecular complexity index is 1280. The Morgan fingerprint density at radius 1 is 1.27 bits per heavy atom. The van der Waals surface area contributed by atoms with E-state index in [9.17, 15) is 18.3 Å². The summed E-state index contributed by atoms with van der Waals surface area (Å²) < 4.78 is 24.8. The first kappa shape index (κ1) is 20.5. The summed E-state index contributed by atoms with van der Waals surface area (Å²) >= 11 is 0. The van der Waals surface area contributed by atoms with Crippen LogP contribution in [-0.4, -0.2) is 39.9 Å². The molecule has 3 aromatic rings. The third kappa shape index (κ3) is 3.70. The second-order valence-electron chi connectivity index (χ2n) is 8.16. The Morgan fingerprint density at radius 3 is 2.57 bits per heavy atom. The molecule has 2 atom stereocenters. The molecule has 0 spiro atoms. The molecule has 0 amide bonds. The summed E-state index contributed by atoms with van der Waals surface area (Å²) in [6.07, 6.45) is 4.96. The van der Waals surface area contributed by atoms with E-state index in [1.807, 2.05) is 0 Å². The maximum Gasteiger partial charge on any atom is 0.255 e. The van der Waals surface area contributed by atoms with E-state index >= 15 is 0 Å². The number of hydrogen-bond acceptors (Lipinski definition) is 7. The number of aryl methyl sites for hydroxylation is 1. The first-order chi connectivity index (χ1) is 14.1. The molecule has 30 heavy (non-hydrogen) atoms. The Balaban J connectivity index is 1.78. The molecule has 2 aromatic heterocycles. The second-order valence-corrected chi connectivity index (χ2v) is 10.2. The van der Waals surface area contributed by atoms with Gasteiger partial charge in [-0.05, 0) is 63.4 Å². The molecule has 0 aliphatic heterocycles. The summed E-state index contributed by atoms with van der Waals surface area (Å²) in [6.45, 7) is 3.51. The molecule has 0 radical (unpaired) electrons. The summed E-state index contributed by atoms with van der Waals surface area (Å²) in [5.74, 6) is 0.282. The van der Waals surface area contributed by atoms with Crippen LogP contribution < -0.4 is 10.9 Å². The van der Waals surface area contributed by atoms with Gasteiger partial charge in [0.1, 0.15) is 5.65 Å². The fraction of sp³-hybridized carbons (Fsp3) is 0.381. The number of pyridine rings is 1. The van der Waals surface area contributed by atoms with Crippen LogP contribution in [0.5, 0.6) is 0 Å². The molecule has 1 fully saturated rings. The van der Waals surface area contributed by atoms with Crippen molar-refractivity contribution in [3.8, 4) is 0 Å². The number of sulfone groups is 1. The average Bonchev–Trinajstić information content (AvgIpc) is 3.02. The van der Waals surface area contributed by atoms with E-state index in [1.165, 1.54) is 12.1 Å². The van der Waals surface area contributed by atoms with Crippen LogP contribution in [0, 0.1) is 6.92 Å². The molecule has 8 nitrogen and oxygen atoms in total. The van der Waals surface area contributed by atoms with Gasteiger partial charge in [0.25, 0.3) is 5.56 Å². The van der Waals surface area contributed by atoms with Crippen LogP contribution >= 0.6 is 0 Å². The van der Waals surface area contributed by atoms with Crippen LogP contribution in [0.1, 0.15) is 37.8 Å². The van der Waals surface area contributed by atoms with Crippen molar-refractivity contribution < 1.29 is 13.5 Å². The first-order valence-electron chi connectivity index (χ1n) is 9.75. The van der Waals surface area contributed by atoms with E-state index in [0.717, 1.165) is 12.7 Å². The highest BCUT2D eigenvalue weighted by Crippen LogP contribution is 2.39. The Hall–Kier alpha value is -2.78. The SMILES string of the molecule is Cc1cc2cnc(Nc3ccc(S(C)(=O)=O)cc3)nc2n([C@@H]2CCC[C@@]2(C)O)c1=O. The van der Waals surface area contributed by atoms with E-state index in [4.69, 9.17) is 0 Å². The van der Waals surface area contributed by atoms with Crippen molar-refractivity contribution in [3.63, 3.8) is 0 Å². The highest BCUT2D eigenvalue weighted by Gasteiger charge is 2.39. The number of hydrogen-bond donors (Lipinski definition) is 2. The van der Waals surface area contributed by atoms with Crippen molar-refractivity contribution in [2.75, 3.05) is 11.6 Å². The number of nitrogens with one attached hydrogen (secondary N) is 1. The van der Waals surface area contributed by atoms with Gasteiger partial charge in [-0.25, -0.2) is 13.4 Å². The lowest BCUT2D eigenvalue weighted by molar-refractivity contribution is 0.0266. The largest absolute Gasteiger partial charge is 0.388 e.